The van der Waals surface area contributed by atoms with Crippen LogP contribution in [-0.4, -0.2) is 23.3 Å². The van der Waals surface area contributed by atoms with Crippen molar-refractivity contribution in [3.05, 3.63) is 29.3 Å². The molecule has 0 bridgehead atoms. The quantitative estimate of drug-likeness (QED) is 0.541. The molecule has 0 N–H and O–H groups in total. The van der Waals surface area contributed by atoms with Crippen molar-refractivity contribution in [2.45, 2.75) is 77.3 Å². The van der Waals surface area contributed by atoms with E-state index in [0.717, 1.165) is 29.9 Å². The molecule has 0 radical (unpaired) electrons. The van der Waals surface area contributed by atoms with E-state index < -0.39 is 19.7 Å². The maximum Gasteiger partial charge on any atom is 0.250 e. The van der Waals surface area contributed by atoms with E-state index in [4.69, 9.17) is 4.43 Å². The largest absolute Gasteiger partial charge is 0.591 e. The van der Waals surface area contributed by atoms with E-state index in [1.54, 1.807) is 0 Å². The highest BCUT2D eigenvalue weighted by molar-refractivity contribution is 7.91. The smallest absolute Gasteiger partial charge is 0.250 e. The Hall–Kier alpha value is -0.783. The number of fused-ring (bicyclic) bond motifs is 1. The fourth-order valence-electron chi connectivity index (χ4n) is 2.29. The van der Waals surface area contributed by atoms with Crippen molar-refractivity contribution >= 4 is 25.4 Å². The molecule has 0 aromatic heterocycles. The van der Waals surface area contributed by atoms with Crippen LogP contribution >= 0.6 is 0 Å². The molecule has 1 aliphatic carbocycles. The van der Waals surface area contributed by atoms with Gasteiger partial charge in [0, 0.05) is 5.56 Å². The van der Waals surface area contributed by atoms with Gasteiger partial charge < -0.3 is 8.98 Å². The van der Waals surface area contributed by atoms with Gasteiger partial charge in [0.05, 0.1) is 5.71 Å². The minimum absolute atomic E-state index is 0.183. The second kappa shape index (κ2) is 6.50. The summed E-state index contributed by atoms with van der Waals surface area (Å²) < 4.78 is 22.9. The van der Waals surface area contributed by atoms with Gasteiger partial charge in [-0.05, 0) is 75.5 Å². The Labute approximate surface area is 151 Å². The molecular weight excluding hydrogens is 334 g/mol. The van der Waals surface area contributed by atoms with Gasteiger partial charge >= 0.3 is 0 Å². The van der Waals surface area contributed by atoms with Crippen molar-refractivity contribution in [2.75, 3.05) is 0 Å². The Kier molecular flexibility index (Phi) is 5.29. The first kappa shape index (κ1) is 19.5. The second-order valence-electron chi connectivity index (χ2n) is 9.08. The highest BCUT2D eigenvalue weighted by atomic mass is 32.2. The fourth-order valence-corrected chi connectivity index (χ4v) is 3.98. The highest BCUT2D eigenvalue weighted by Crippen LogP contribution is 2.38. The summed E-state index contributed by atoms with van der Waals surface area (Å²) in [5.41, 5.74) is 3.36. The van der Waals surface area contributed by atoms with Crippen LogP contribution < -0.4 is 4.43 Å². The zero-order valence-corrected chi connectivity index (χ0v) is 18.1. The number of benzene rings is 1. The maximum atomic E-state index is 12.3. The fraction of sp³-hybridized carbons (Fsp3) is 0.632. The van der Waals surface area contributed by atoms with Gasteiger partial charge in [0.25, 0.3) is 0 Å². The normalized spacial score (nSPS) is 18.6. The van der Waals surface area contributed by atoms with Crippen molar-refractivity contribution in [3.8, 4) is 5.75 Å². The number of rotatable bonds is 3. The predicted octanol–water partition coefficient (Wildman–Crippen LogP) is 5.27. The standard InChI is InChI=1S/C19H31NO2SSi/c1-18(2,3)23(21)20-17-12-9-14-13-15(10-11-16(14)17)22-24(7,8)19(4,5)6/h10-11,13H,9,12H2,1-8H3. The molecule has 5 heteroatoms. The molecule has 1 atom stereocenters. The van der Waals surface area contributed by atoms with Crippen LogP contribution in [0.2, 0.25) is 18.1 Å². The van der Waals surface area contributed by atoms with Crippen molar-refractivity contribution in [1.29, 1.82) is 0 Å². The van der Waals surface area contributed by atoms with Crippen LogP contribution in [0.1, 0.15) is 59.1 Å². The van der Waals surface area contributed by atoms with E-state index >= 15 is 0 Å². The Morgan fingerprint density at radius 3 is 2.25 bits per heavy atom. The minimum atomic E-state index is -1.83. The van der Waals surface area contributed by atoms with Crippen LogP contribution in [0.5, 0.6) is 5.75 Å². The summed E-state index contributed by atoms with van der Waals surface area (Å²) in [5, 5.41) is 0.183. The molecule has 0 heterocycles. The lowest BCUT2D eigenvalue weighted by molar-refractivity contribution is 0.492. The molecule has 3 nitrogen and oxygen atoms in total. The number of nitrogens with zero attached hydrogens (tertiary/aromatic N) is 1. The van der Waals surface area contributed by atoms with Crippen molar-refractivity contribution in [2.24, 2.45) is 4.40 Å². The first-order chi connectivity index (χ1) is 10.8. The molecule has 24 heavy (non-hydrogen) atoms. The van der Waals surface area contributed by atoms with Crippen molar-refractivity contribution < 1.29 is 8.98 Å². The van der Waals surface area contributed by atoms with Crippen LogP contribution in [0.4, 0.5) is 0 Å². The predicted molar refractivity (Wildman–Crippen MR) is 107 cm³/mol. The Balaban J connectivity index is 2.24. The third-order valence-electron chi connectivity index (χ3n) is 4.91. The van der Waals surface area contributed by atoms with Crippen molar-refractivity contribution in [3.63, 3.8) is 0 Å². The summed E-state index contributed by atoms with van der Waals surface area (Å²) in [4.78, 5) is 0. The zero-order chi connectivity index (χ0) is 18.3. The number of hydrogen-bond donors (Lipinski definition) is 0. The third kappa shape index (κ3) is 4.24. The van der Waals surface area contributed by atoms with Gasteiger partial charge in [0.2, 0.25) is 8.32 Å². The third-order valence-corrected chi connectivity index (χ3v) is 10.7. The first-order valence-electron chi connectivity index (χ1n) is 8.63. The van der Waals surface area contributed by atoms with E-state index in [1.807, 2.05) is 26.8 Å². The molecule has 1 aliphatic rings. The van der Waals surface area contributed by atoms with Crippen LogP contribution in [0.25, 0.3) is 0 Å². The summed E-state index contributed by atoms with van der Waals surface area (Å²) in [6.07, 6.45) is 1.81. The summed E-state index contributed by atoms with van der Waals surface area (Å²) >= 11 is -1.20. The number of aryl methyl sites for hydroxylation is 1. The van der Waals surface area contributed by atoms with E-state index in [2.05, 4.69) is 50.4 Å². The second-order valence-corrected chi connectivity index (χ2v) is 15.7. The van der Waals surface area contributed by atoms with Gasteiger partial charge in [0.1, 0.15) is 21.9 Å². The van der Waals surface area contributed by atoms with Gasteiger partial charge in [-0.15, -0.1) is 0 Å². The van der Waals surface area contributed by atoms with Crippen LogP contribution in [0.3, 0.4) is 0 Å². The lowest BCUT2D eigenvalue weighted by atomic mass is 10.1. The van der Waals surface area contributed by atoms with Gasteiger partial charge in [-0.3, -0.25) is 0 Å². The molecule has 1 aromatic carbocycles. The molecule has 2 rings (SSSR count). The number of hydrogen-bond acceptors (Lipinski definition) is 3. The minimum Gasteiger partial charge on any atom is -0.591 e. The van der Waals surface area contributed by atoms with E-state index in [9.17, 15) is 4.55 Å². The van der Waals surface area contributed by atoms with Crippen LogP contribution in [0.15, 0.2) is 22.6 Å². The average Bonchev–Trinajstić information content (AvgIpc) is 2.78. The summed E-state index contributed by atoms with van der Waals surface area (Å²) in [5.74, 6) is 0.957. The molecule has 0 amide bonds. The molecule has 0 spiro atoms. The van der Waals surface area contributed by atoms with E-state index in [-0.39, 0.29) is 9.79 Å². The molecule has 0 saturated carbocycles. The molecule has 0 saturated heterocycles. The molecular formula is C19H31NO2SSi. The average molecular weight is 366 g/mol. The topological polar surface area (TPSA) is 44.7 Å². The summed E-state index contributed by atoms with van der Waals surface area (Å²) in [6.45, 7) is 17.1. The van der Waals surface area contributed by atoms with Gasteiger partial charge in [0.15, 0.2) is 0 Å². The first-order valence-corrected chi connectivity index (χ1v) is 12.6. The van der Waals surface area contributed by atoms with Crippen LogP contribution in [-0.2, 0) is 17.8 Å². The Morgan fingerprint density at radius 2 is 1.71 bits per heavy atom. The zero-order valence-electron chi connectivity index (χ0n) is 16.3. The van der Waals surface area contributed by atoms with E-state index in [0.29, 0.717) is 0 Å². The summed E-state index contributed by atoms with van der Waals surface area (Å²) in [6, 6.07) is 6.28. The van der Waals surface area contributed by atoms with Gasteiger partial charge in [-0.2, -0.15) is 0 Å². The Bertz CT molecular complexity index is 642. The van der Waals surface area contributed by atoms with Gasteiger partial charge in [-0.25, -0.2) is 0 Å². The van der Waals surface area contributed by atoms with E-state index in [1.165, 1.54) is 5.56 Å². The van der Waals surface area contributed by atoms with Crippen LogP contribution in [0, 0.1) is 0 Å². The molecule has 0 aliphatic heterocycles. The summed E-state index contributed by atoms with van der Waals surface area (Å²) in [7, 11) is -1.83. The monoisotopic (exact) mass is 365 g/mol. The molecule has 134 valence electrons. The lowest BCUT2D eigenvalue weighted by Gasteiger charge is -2.36. The molecule has 0 fully saturated rings. The SMILES string of the molecule is CC(C)(C)[S+]([O-])N=C1CCc2cc(O[Si](C)(C)C(C)(C)C)ccc21. The Morgan fingerprint density at radius 1 is 1.08 bits per heavy atom. The maximum absolute atomic E-state index is 12.3. The van der Waals surface area contributed by atoms with Crippen molar-refractivity contribution in [1.82, 2.24) is 0 Å². The molecule has 1 unspecified atom stereocenters. The molecule has 1 aromatic rings. The lowest BCUT2D eigenvalue weighted by Crippen LogP contribution is -2.43. The van der Waals surface area contributed by atoms with Gasteiger partial charge in [-0.1, -0.05) is 25.2 Å². The highest BCUT2D eigenvalue weighted by Gasteiger charge is 2.39.